The SMILES string of the molecule is C=C1C2OC3(C)CC1(C#N)CC3[C@@H]2Br. The molecule has 4 aliphatic rings. The maximum atomic E-state index is 9.30. The summed E-state index contributed by atoms with van der Waals surface area (Å²) in [6, 6.07) is 2.46. The van der Waals surface area contributed by atoms with Crippen LogP contribution in [-0.4, -0.2) is 16.5 Å². The standard InChI is InChI=1S/C11H12BrNO/c1-6-9-8(12)7-3-11(6,5-13)4-10(7,2)14-9/h7-9H,1,3-4H2,2H3/t7?,8-,9?,10?,11?/m0/s1. The van der Waals surface area contributed by atoms with Gasteiger partial charge >= 0.3 is 0 Å². The van der Waals surface area contributed by atoms with E-state index < -0.39 is 0 Å². The van der Waals surface area contributed by atoms with Gasteiger partial charge in [0, 0.05) is 5.92 Å². The van der Waals surface area contributed by atoms with E-state index in [1.165, 1.54) is 0 Å². The lowest BCUT2D eigenvalue weighted by atomic mass is 9.72. The molecule has 4 fully saturated rings. The monoisotopic (exact) mass is 253 g/mol. The second-order valence-electron chi connectivity index (χ2n) is 5.00. The number of nitrogens with zero attached hydrogens (tertiary/aromatic N) is 1. The molecule has 4 bridgehead atoms. The van der Waals surface area contributed by atoms with Crippen molar-refractivity contribution >= 4 is 15.9 Å². The zero-order chi connectivity index (χ0) is 10.1. The van der Waals surface area contributed by atoms with Crippen LogP contribution in [0.15, 0.2) is 12.2 Å². The third-order valence-corrected chi connectivity index (χ3v) is 5.37. The molecule has 0 radical (unpaired) electrons. The van der Waals surface area contributed by atoms with E-state index in [1.54, 1.807) is 0 Å². The van der Waals surface area contributed by atoms with Crippen LogP contribution < -0.4 is 0 Å². The Labute approximate surface area is 92.1 Å². The first-order chi connectivity index (χ1) is 6.52. The number of halogens is 1. The lowest BCUT2D eigenvalue weighted by Crippen LogP contribution is -2.40. The highest BCUT2D eigenvalue weighted by atomic mass is 79.9. The van der Waals surface area contributed by atoms with Crippen LogP contribution in [0.3, 0.4) is 0 Å². The Balaban J connectivity index is 2.15. The zero-order valence-corrected chi connectivity index (χ0v) is 9.67. The van der Waals surface area contributed by atoms with Crippen molar-refractivity contribution in [2.45, 2.75) is 36.3 Å². The van der Waals surface area contributed by atoms with Crippen LogP contribution in [0.25, 0.3) is 0 Å². The number of ether oxygens (including phenoxy) is 1. The van der Waals surface area contributed by atoms with Crippen LogP contribution in [0.4, 0.5) is 0 Å². The first kappa shape index (κ1) is 8.94. The van der Waals surface area contributed by atoms with Crippen LogP contribution in [0.5, 0.6) is 0 Å². The molecule has 2 saturated heterocycles. The Morgan fingerprint density at radius 2 is 2.43 bits per heavy atom. The molecule has 2 saturated carbocycles. The number of hydrogen-bond donors (Lipinski definition) is 0. The fourth-order valence-electron chi connectivity index (χ4n) is 3.48. The third kappa shape index (κ3) is 0.730. The van der Waals surface area contributed by atoms with Crippen molar-refractivity contribution in [2.24, 2.45) is 11.3 Å². The predicted octanol–water partition coefficient (Wildman–Crippen LogP) is 2.40. The summed E-state index contributed by atoms with van der Waals surface area (Å²) in [4.78, 5) is 0.365. The Bertz CT molecular complexity index is 374. The van der Waals surface area contributed by atoms with Gasteiger partial charge < -0.3 is 4.74 Å². The maximum absolute atomic E-state index is 9.30. The van der Waals surface area contributed by atoms with Gasteiger partial charge in [0.15, 0.2) is 0 Å². The van der Waals surface area contributed by atoms with Gasteiger partial charge in [-0.2, -0.15) is 5.26 Å². The van der Waals surface area contributed by atoms with Gasteiger partial charge in [0.1, 0.15) is 0 Å². The summed E-state index contributed by atoms with van der Waals surface area (Å²) in [6.45, 7) is 6.20. The molecular formula is C11H12BrNO. The largest absolute Gasteiger partial charge is 0.366 e. The van der Waals surface area contributed by atoms with Crippen molar-refractivity contribution in [1.82, 2.24) is 0 Å². The Hall–Kier alpha value is -0.330. The van der Waals surface area contributed by atoms with E-state index in [2.05, 4.69) is 35.5 Å². The van der Waals surface area contributed by atoms with Gasteiger partial charge in [-0.3, -0.25) is 0 Å². The van der Waals surface area contributed by atoms with Crippen molar-refractivity contribution < 1.29 is 4.74 Å². The van der Waals surface area contributed by atoms with Gasteiger partial charge in [0.2, 0.25) is 0 Å². The van der Waals surface area contributed by atoms with Crippen molar-refractivity contribution in [3.8, 4) is 6.07 Å². The molecule has 3 heteroatoms. The van der Waals surface area contributed by atoms with Crippen molar-refractivity contribution in [2.75, 3.05) is 0 Å². The molecule has 0 aromatic carbocycles. The topological polar surface area (TPSA) is 33.0 Å². The van der Waals surface area contributed by atoms with E-state index in [-0.39, 0.29) is 17.1 Å². The summed E-state index contributed by atoms with van der Waals surface area (Å²) in [5.41, 5.74) is 0.621. The van der Waals surface area contributed by atoms with E-state index in [0.717, 1.165) is 18.4 Å². The van der Waals surface area contributed by atoms with E-state index in [0.29, 0.717) is 10.7 Å². The molecule has 2 aliphatic heterocycles. The molecule has 2 aliphatic carbocycles. The molecule has 14 heavy (non-hydrogen) atoms. The molecule has 2 nitrogen and oxygen atoms in total. The average Bonchev–Trinajstić information content (AvgIpc) is 2.52. The molecular weight excluding hydrogens is 242 g/mol. The van der Waals surface area contributed by atoms with Crippen LogP contribution in [-0.2, 0) is 4.74 Å². The van der Waals surface area contributed by atoms with Crippen molar-refractivity contribution in [3.63, 3.8) is 0 Å². The van der Waals surface area contributed by atoms with E-state index >= 15 is 0 Å². The van der Waals surface area contributed by atoms with Gasteiger partial charge in [0.05, 0.1) is 28.0 Å². The summed E-state index contributed by atoms with van der Waals surface area (Å²) in [5.74, 6) is 0.484. The highest BCUT2D eigenvalue weighted by Crippen LogP contribution is 2.66. The molecule has 0 spiro atoms. The van der Waals surface area contributed by atoms with Gasteiger partial charge in [0.25, 0.3) is 0 Å². The molecule has 0 aromatic heterocycles. The number of rotatable bonds is 0. The quantitative estimate of drug-likeness (QED) is 0.491. The average molecular weight is 254 g/mol. The molecule has 0 aromatic rings. The van der Waals surface area contributed by atoms with E-state index in [9.17, 15) is 5.26 Å². The molecule has 74 valence electrons. The lowest BCUT2D eigenvalue weighted by Gasteiger charge is -2.38. The van der Waals surface area contributed by atoms with Crippen molar-refractivity contribution in [1.29, 1.82) is 5.26 Å². The predicted molar refractivity (Wildman–Crippen MR) is 55.9 cm³/mol. The van der Waals surface area contributed by atoms with Gasteiger partial charge in [-0.05, 0) is 25.3 Å². The maximum Gasteiger partial charge on any atom is 0.0934 e. The minimum absolute atomic E-state index is 0.0622. The molecule has 4 rings (SSSR count). The molecule has 0 N–H and O–H groups in total. The van der Waals surface area contributed by atoms with Gasteiger partial charge in [-0.25, -0.2) is 0 Å². The summed E-state index contributed by atoms with van der Waals surface area (Å²) < 4.78 is 5.99. The first-order valence-corrected chi connectivity index (χ1v) is 5.86. The van der Waals surface area contributed by atoms with Crippen LogP contribution in [0.2, 0.25) is 0 Å². The molecule has 2 heterocycles. The number of alkyl halides is 1. The number of nitriles is 1. The van der Waals surface area contributed by atoms with Gasteiger partial charge in [-0.1, -0.05) is 22.5 Å². The van der Waals surface area contributed by atoms with Gasteiger partial charge in [-0.15, -0.1) is 0 Å². The summed E-state index contributed by atoms with van der Waals surface area (Å²) in [7, 11) is 0. The highest BCUT2D eigenvalue weighted by Gasteiger charge is 2.69. The lowest BCUT2D eigenvalue weighted by molar-refractivity contribution is -0.0496. The number of hydrogen-bond acceptors (Lipinski definition) is 2. The third-order valence-electron chi connectivity index (χ3n) is 4.25. The minimum atomic E-state index is -0.285. The first-order valence-electron chi connectivity index (χ1n) is 4.95. The van der Waals surface area contributed by atoms with Crippen LogP contribution in [0, 0.1) is 22.7 Å². The highest BCUT2D eigenvalue weighted by molar-refractivity contribution is 9.09. The molecule has 5 atom stereocenters. The minimum Gasteiger partial charge on any atom is -0.366 e. The van der Waals surface area contributed by atoms with E-state index in [1.807, 2.05) is 0 Å². The molecule has 4 unspecified atom stereocenters. The van der Waals surface area contributed by atoms with Crippen LogP contribution >= 0.6 is 15.9 Å². The summed E-state index contributed by atoms with van der Waals surface area (Å²) in [5, 5.41) is 9.30. The van der Waals surface area contributed by atoms with Crippen LogP contribution in [0.1, 0.15) is 19.8 Å². The Kier molecular flexibility index (Phi) is 1.44. The van der Waals surface area contributed by atoms with E-state index in [4.69, 9.17) is 4.74 Å². The second kappa shape index (κ2) is 2.25. The zero-order valence-electron chi connectivity index (χ0n) is 8.09. The fraction of sp³-hybridized carbons (Fsp3) is 0.727. The normalized spacial score (nSPS) is 59.2. The Morgan fingerprint density at radius 3 is 3.00 bits per heavy atom. The Morgan fingerprint density at radius 1 is 1.71 bits per heavy atom. The van der Waals surface area contributed by atoms with Crippen molar-refractivity contribution in [3.05, 3.63) is 12.2 Å². The fourth-order valence-corrected chi connectivity index (χ4v) is 4.65. The smallest absolute Gasteiger partial charge is 0.0934 e. The second-order valence-corrected chi connectivity index (χ2v) is 6.06. The summed E-state index contributed by atoms with van der Waals surface area (Å²) >= 11 is 3.68. The summed E-state index contributed by atoms with van der Waals surface area (Å²) in [6.07, 6.45) is 1.82. The molecule has 0 amide bonds.